The summed E-state index contributed by atoms with van der Waals surface area (Å²) in [6, 6.07) is 9.08. The molecular weight excluding hydrogens is 440 g/mol. The molecule has 0 saturated heterocycles. The van der Waals surface area contributed by atoms with Crippen LogP contribution < -0.4 is 16.1 Å². The molecule has 3 aromatic rings. The lowest BCUT2D eigenvalue weighted by Gasteiger charge is -2.08. The highest BCUT2D eigenvalue weighted by Gasteiger charge is 2.30. The smallest absolute Gasteiger partial charge is 0.423 e. The lowest BCUT2D eigenvalue weighted by Crippen LogP contribution is -2.28. The van der Waals surface area contributed by atoms with Crippen LogP contribution in [0.5, 0.6) is 0 Å². The highest BCUT2D eigenvalue weighted by Crippen LogP contribution is 2.24. The van der Waals surface area contributed by atoms with Crippen LogP contribution in [-0.2, 0) is 23.1 Å². The first-order valence-electron chi connectivity index (χ1n) is 10.6. The minimum absolute atomic E-state index is 0.0929. The van der Waals surface area contributed by atoms with E-state index in [1.54, 1.807) is 46.0 Å². The molecule has 0 aliphatic carbocycles. The Balaban J connectivity index is 1.56. The Morgan fingerprint density at radius 3 is 2.44 bits per heavy atom. The number of carbonyl (C=O) groups excluding carboxylic acids is 3. The van der Waals surface area contributed by atoms with E-state index in [4.69, 9.17) is 4.65 Å². The molecule has 0 saturated carbocycles. The number of aromatic nitrogens is 1. The Kier molecular flexibility index (Phi) is 6.12. The van der Waals surface area contributed by atoms with E-state index in [0.717, 1.165) is 5.56 Å². The number of Topliss-reactive ketones (excluding diaryl/α,β-unsaturated/α-hetero) is 1. The predicted octanol–water partition coefficient (Wildman–Crippen LogP) is 2.38. The van der Waals surface area contributed by atoms with Gasteiger partial charge in [-0.2, -0.15) is 0 Å². The van der Waals surface area contributed by atoms with Crippen molar-refractivity contribution in [3.05, 3.63) is 75.9 Å². The van der Waals surface area contributed by atoms with Gasteiger partial charge in [-0.15, -0.1) is 0 Å². The number of hydrogen-bond acceptors (Lipinski definition) is 5. The summed E-state index contributed by atoms with van der Waals surface area (Å²) < 4.78 is 20.2. The summed E-state index contributed by atoms with van der Waals surface area (Å²) >= 11 is 0. The van der Waals surface area contributed by atoms with Crippen molar-refractivity contribution in [1.29, 1.82) is 0 Å². The molecule has 34 heavy (non-hydrogen) atoms. The summed E-state index contributed by atoms with van der Waals surface area (Å²) in [6.07, 6.45) is 0. The van der Waals surface area contributed by atoms with Crippen molar-refractivity contribution in [2.24, 2.45) is 7.05 Å². The van der Waals surface area contributed by atoms with Gasteiger partial charge in [0.25, 0.3) is 17.6 Å². The molecule has 0 radical (unpaired) electrons. The van der Waals surface area contributed by atoms with E-state index in [-0.39, 0.29) is 23.7 Å². The van der Waals surface area contributed by atoms with Gasteiger partial charge in [0, 0.05) is 24.1 Å². The molecule has 1 aliphatic rings. The van der Waals surface area contributed by atoms with Crippen LogP contribution in [0, 0.1) is 26.6 Å². The molecule has 0 atom stereocenters. The van der Waals surface area contributed by atoms with Crippen LogP contribution >= 0.6 is 0 Å². The fourth-order valence-electron chi connectivity index (χ4n) is 4.15. The average Bonchev–Trinajstić information content (AvgIpc) is 3.26. The molecule has 2 aromatic carbocycles. The Morgan fingerprint density at radius 1 is 1.06 bits per heavy atom. The minimum Gasteiger partial charge on any atom is -0.423 e. The van der Waals surface area contributed by atoms with Crippen LogP contribution in [-0.4, -0.2) is 34.3 Å². The molecule has 0 fully saturated rings. The van der Waals surface area contributed by atoms with Crippen LogP contribution in [0.25, 0.3) is 0 Å². The second kappa shape index (κ2) is 8.88. The lowest BCUT2D eigenvalue weighted by atomic mass is 9.79. The highest BCUT2D eigenvalue weighted by molar-refractivity contribution is 6.61. The van der Waals surface area contributed by atoms with Crippen LogP contribution in [0.15, 0.2) is 36.4 Å². The number of aryl methyl sites for hydroxylation is 1. The third-order valence-electron chi connectivity index (χ3n) is 6.06. The molecule has 10 heteroatoms. The molecule has 4 rings (SSSR count). The Bertz CT molecular complexity index is 1350. The second-order valence-electron chi connectivity index (χ2n) is 8.27. The van der Waals surface area contributed by atoms with E-state index < -0.39 is 24.7 Å². The number of hydrogen-bond donors (Lipinski definition) is 3. The van der Waals surface area contributed by atoms with E-state index >= 15 is 0 Å². The van der Waals surface area contributed by atoms with Gasteiger partial charge in [0.05, 0.1) is 17.9 Å². The van der Waals surface area contributed by atoms with Crippen molar-refractivity contribution in [2.45, 2.75) is 27.4 Å². The summed E-state index contributed by atoms with van der Waals surface area (Å²) in [5.41, 5.74) is 3.77. The maximum atomic E-state index is 13.5. The van der Waals surface area contributed by atoms with Gasteiger partial charge in [-0.3, -0.25) is 14.4 Å². The number of carbonyl (C=O) groups is 3. The van der Waals surface area contributed by atoms with E-state index in [1.165, 1.54) is 22.8 Å². The largest absolute Gasteiger partial charge is 0.491 e. The van der Waals surface area contributed by atoms with Gasteiger partial charge in [0.2, 0.25) is 0 Å². The normalized spacial score (nSPS) is 12.5. The van der Waals surface area contributed by atoms with Gasteiger partial charge in [-0.1, -0.05) is 6.07 Å². The fraction of sp³-hybridized carbons (Fsp3) is 0.208. The van der Waals surface area contributed by atoms with Crippen molar-refractivity contribution in [3.63, 3.8) is 0 Å². The SMILES string of the molecule is Cc1cc(NC(=O)c2c(C)c(C(=O)C(=O)Nc3ccc4c(c3)COB4O)n(C)c2C)ccc1F. The summed E-state index contributed by atoms with van der Waals surface area (Å²) in [6.45, 7) is 5.08. The summed E-state index contributed by atoms with van der Waals surface area (Å²) in [4.78, 5) is 38.7. The number of ketones is 1. The Hall–Kier alpha value is -3.76. The molecule has 8 nitrogen and oxygen atoms in total. The zero-order valence-electron chi connectivity index (χ0n) is 19.2. The third-order valence-corrected chi connectivity index (χ3v) is 6.06. The van der Waals surface area contributed by atoms with Crippen molar-refractivity contribution in [3.8, 4) is 0 Å². The third kappa shape index (κ3) is 4.13. The number of rotatable bonds is 5. The molecule has 0 unspecified atom stereocenters. The number of fused-ring (bicyclic) bond motifs is 1. The van der Waals surface area contributed by atoms with E-state index in [2.05, 4.69) is 10.6 Å². The number of amides is 2. The second-order valence-corrected chi connectivity index (χ2v) is 8.27. The van der Waals surface area contributed by atoms with Gasteiger partial charge in [0.1, 0.15) is 5.82 Å². The van der Waals surface area contributed by atoms with Gasteiger partial charge >= 0.3 is 7.12 Å². The number of benzene rings is 2. The topological polar surface area (TPSA) is 110 Å². The van der Waals surface area contributed by atoms with Crippen molar-refractivity contribution in [2.75, 3.05) is 10.6 Å². The summed E-state index contributed by atoms with van der Waals surface area (Å²) in [5.74, 6) is -2.50. The van der Waals surface area contributed by atoms with Crippen molar-refractivity contribution >= 4 is 41.6 Å². The molecule has 0 bridgehead atoms. The Labute approximate surface area is 195 Å². The molecule has 2 heterocycles. The first-order valence-corrected chi connectivity index (χ1v) is 10.6. The minimum atomic E-state index is -1.00. The summed E-state index contributed by atoms with van der Waals surface area (Å²) in [7, 11) is 0.606. The van der Waals surface area contributed by atoms with E-state index in [9.17, 15) is 23.8 Å². The van der Waals surface area contributed by atoms with Gasteiger partial charge < -0.3 is 24.9 Å². The van der Waals surface area contributed by atoms with Crippen molar-refractivity contribution in [1.82, 2.24) is 4.57 Å². The summed E-state index contributed by atoms with van der Waals surface area (Å²) in [5, 5.41) is 15.0. The molecule has 3 N–H and O–H groups in total. The van der Waals surface area contributed by atoms with E-state index in [0.29, 0.717) is 33.7 Å². The number of nitrogens with zero attached hydrogens (tertiary/aromatic N) is 1. The molecular formula is C24H23BFN3O5. The maximum Gasteiger partial charge on any atom is 0.491 e. The van der Waals surface area contributed by atoms with Gasteiger partial charge in [-0.25, -0.2) is 4.39 Å². The van der Waals surface area contributed by atoms with Gasteiger partial charge in [0.15, 0.2) is 0 Å². The molecule has 1 aliphatic heterocycles. The van der Waals surface area contributed by atoms with Crippen LogP contribution in [0.2, 0.25) is 0 Å². The zero-order valence-corrected chi connectivity index (χ0v) is 19.2. The number of nitrogens with one attached hydrogen (secondary N) is 2. The molecule has 0 spiro atoms. The molecule has 1 aromatic heterocycles. The average molecular weight is 463 g/mol. The Morgan fingerprint density at radius 2 is 1.74 bits per heavy atom. The molecule has 2 amide bonds. The van der Waals surface area contributed by atoms with Crippen LogP contribution in [0.1, 0.15) is 43.2 Å². The first kappa shape index (κ1) is 23.4. The fourth-order valence-corrected chi connectivity index (χ4v) is 4.15. The lowest BCUT2D eigenvalue weighted by molar-refractivity contribution is -0.112. The predicted molar refractivity (Wildman–Crippen MR) is 126 cm³/mol. The number of halogens is 1. The standard InChI is InChI=1S/C24H23BFN3O5/c1-12-9-16(6-8-19(12)26)27-23(31)20-13(2)21(29(4)14(20)3)22(30)24(32)28-17-5-7-18-15(10-17)11-34-25(18)33/h5-10,33H,11H2,1-4H3,(H,27,31)(H,28,32). The quantitative estimate of drug-likeness (QED) is 0.306. The first-order chi connectivity index (χ1) is 16.1. The van der Waals surface area contributed by atoms with Gasteiger partial charge in [-0.05, 0) is 73.3 Å². The van der Waals surface area contributed by atoms with Crippen LogP contribution in [0.4, 0.5) is 15.8 Å². The van der Waals surface area contributed by atoms with Crippen LogP contribution in [0.3, 0.4) is 0 Å². The van der Waals surface area contributed by atoms with Crippen molar-refractivity contribution < 1.29 is 28.5 Å². The zero-order chi connectivity index (χ0) is 24.7. The highest BCUT2D eigenvalue weighted by atomic mass is 19.1. The monoisotopic (exact) mass is 463 g/mol. The van der Waals surface area contributed by atoms with E-state index in [1.807, 2.05) is 0 Å². The number of anilines is 2. The maximum absolute atomic E-state index is 13.5. The molecule has 174 valence electrons.